The minimum absolute atomic E-state index is 0.231. The summed E-state index contributed by atoms with van der Waals surface area (Å²) in [6.45, 7) is 0.510. The van der Waals surface area contributed by atoms with Crippen LogP contribution in [0.15, 0.2) is 30.3 Å². The van der Waals surface area contributed by atoms with Crippen molar-refractivity contribution in [3.05, 3.63) is 45.3 Å². The topological polar surface area (TPSA) is 53.7 Å². The molecule has 0 saturated heterocycles. The van der Waals surface area contributed by atoms with E-state index in [0.29, 0.717) is 26.5 Å². The molecule has 0 saturated carbocycles. The lowest BCUT2D eigenvalue weighted by Crippen LogP contribution is -2.00. The van der Waals surface area contributed by atoms with Crippen molar-refractivity contribution in [1.82, 2.24) is 0 Å². The number of halogens is 2. The van der Waals surface area contributed by atoms with E-state index in [1.54, 1.807) is 6.07 Å². The van der Waals surface area contributed by atoms with Gasteiger partial charge in [-0.1, -0.05) is 6.07 Å². The number of anilines is 1. The van der Waals surface area contributed by atoms with E-state index in [0.717, 1.165) is 5.56 Å². The quantitative estimate of drug-likeness (QED) is 0.649. The summed E-state index contributed by atoms with van der Waals surface area (Å²) >= 11 is 1.89. The molecule has 0 atom stereocenters. The molecule has 2 N–H and O–H groups in total. The van der Waals surface area contributed by atoms with E-state index in [1.807, 2.05) is 40.8 Å². The van der Waals surface area contributed by atoms with E-state index in [-0.39, 0.29) is 19.2 Å². The van der Waals surface area contributed by atoms with Gasteiger partial charge in [0.15, 0.2) is 11.5 Å². The summed E-state index contributed by atoms with van der Waals surface area (Å²) in [6, 6.07) is 8.36. The summed E-state index contributed by atoms with van der Waals surface area (Å²) in [7, 11) is 0. The summed E-state index contributed by atoms with van der Waals surface area (Å²) in [4.78, 5) is 0. The summed E-state index contributed by atoms with van der Waals surface area (Å²) in [5.41, 5.74) is 7.11. The largest absolute Gasteiger partial charge is 0.487 e. The number of fused-ring (bicyclic) bond motifs is 1. The summed E-state index contributed by atoms with van der Waals surface area (Å²) in [5.74, 6) is 1.39. The molecule has 0 spiro atoms. The van der Waals surface area contributed by atoms with Crippen molar-refractivity contribution < 1.29 is 18.6 Å². The average molecular weight is 387 g/mol. The van der Waals surface area contributed by atoms with Crippen LogP contribution in [0.25, 0.3) is 0 Å². The Labute approximate surface area is 128 Å². The van der Waals surface area contributed by atoms with Gasteiger partial charge in [0.05, 0.1) is 9.26 Å². The third-order valence-electron chi connectivity index (χ3n) is 2.88. The van der Waals surface area contributed by atoms with Gasteiger partial charge in [-0.05, 0) is 46.4 Å². The van der Waals surface area contributed by atoms with Gasteiger partial charge in [0.2, 0.25) is 6.79 Å². The van der Waals surface area contributed by atoms with Crippen molar-refractivity contribution in [3.63, 3.8) is 0 Å². The maximum atomic E-state index is 13.5. The Morgan fingerprint density at radius 2 is 2.00 bits per heavy atom. The van der Waals surface area contributed by atoms with E-state index in [1.165, 1.54) is 6.07 Å². The minimum Gasteiger partial charge on any atom is -0.487 e. The first kappa shape index (κ1) is 13.3. The van der Waals surface area contributed by atoms with Gasteiger partial charge in [0.25, 0.3) is 0 Å². The van der Waals surface area contributed by atoms with Crippen molar-refractivity contribution in [2.75, 3.05) is 12.5 Å². The molecule has 0 bridgehead atoms. The second-order valence-corrected chi connectivity index (χ2v) is 5.44. The fourth-order valence-corrected chi connectivity index (χ4v) is 2.35. The molecular weight excluding hydrogens is 376 g/mol. The first-order chi connectivity index (χ1) is 9.63. The SMILES string of the molecule is Nc1cc(I)c(F)cc1OCc1ccc2c(c1)OCO2. The molecule has 3 rings (SSSR count). The summed E-state index contributed by atoms with van der Waals surface area (Å²) in [6.07, 6.45) is 0. The Morgan fingerprint density at radius 3 is 2.85 bits per heavy atom. The number of ether oxygens (including phenoxy) is 3. The Kier molecular flexibility index (Phi) is 3.56. The lowest BCUT2D eigenvalue weighted by Gasteiger charge is -2.10. The van der Waals surface area contributed by atoms with Crippen LogP contribution >= 0.6 is 22.6 Å². The first-order valence-corrected chi connectivity index (χ1v) is 6.97. The lowest BCUT2D eigenvalue weighted by atomic mass is 10.2. The van der Waals surface area contributed by atoms with Gasteiger partial charge in [-0.25, -0.2) is 4.39 Å². The van der Waals surface area contributed by atoms with Crippen LogP contribution in [0, 0.1) is 9.39 Å². The number of hydrogen-bond acceptors (Lipinski definition) is 4. The van der Waals surface area contributed by atoms with Crippen LogP contribution in [0.2, 0.25) is 0 Å². The van der Waals surface area contributed by atoms with Crippen molar-refractivity contribution in [1.29, 1.82) is 0 Å². The fourth-order valence-electron chi connectivity index (χ4n) is 1.86. The standard InChI is InChI=1S/C14H11FINO3/c15-9-4-13(11(17)5-10(9)16)18-6-8-1-2-12-14(3-8)20-7-19-12/h1-5H,6-7,17H2. The molecule has 0 radical (unpaired) electrons. The zero-order chi connectivity index (χ0) is 14.1. The number of benzene rings is 2. The molecule has 0 aliphatic carbocycles. The highest BCUT2D eigenvalue weighted by molar-refractivity contribution is 14.1. The number of nitrogen functional groups attached to an aromatic ring is 1. The van der Waals surface area contributed by atoms with Crippen molar-refractivity contribution in [3.8, 4) is 17.2 Å². The zero-order valence-corrected chi connectivity index (χ0v) is 12.5. The molecule has 0 amide bonds. The van der Waals surface area contributed by atoms with Crippen LogP contribution in [0.3, 0.4) is 0 Å². The maximum Gasteiger partial charge on any atom is 0.231 e. The van der Waals surface area contributed by atoms with Gasteiger partial charge in [-0.2, -0.15) is 0 Å². The average Bonchev–Trinajstić information content (AvgIpc) is 2.89. The molecule has 6 heteroatoms. The van der Waals surface area contributed by atoms with Crippen molar-refractivity contribution in [2.24, 2.45) is 0 Å². The molecule has 0 aromatic heterocycles. The Bertz CT molecular complexity index is 663. The lowest BCUT2D eigenvalue weighted by molar-refractivity contribution is 0.174. The van der Waals surface area contributed by atoms with E-state index >= 15 is 0 Å². The maximum absolute atomic E-state index is 13.5. The zero-order valence-electron chi connectivity index (χ0n) is 10.4. The Hall–Kier alpha value is -1.70. The van der Waals surface area contributed by atoms with Crippen LogP contribution < -0.4 is 19.9 Å². The second kappa shape index (κ2) is 5.35. The monoisotopic (exact) mass is 387 g/mol. The molecule has 1 heterocycles. The third kappa shape index (κ3) is 2.60. The highest BCUT2D eigenvalue weighted by Crippen LogP contribution is 2.33. The highest BCUT2D eigenvalue weighted by Gasteiger charge is 2.14. The highest BCUT2D eigenvalue weighted by atomic mass is 127. The predicted molar refractivity (Wildman–Crippen MR) is 80.4 cm³/mol. The molecule has 0 fully saturated rings. The van der Waals surface area contributed by atoms with Gasteiger partial charge in [-0.3, -0.25) is 0 Å². The summed E-state index contributed by atoms with van der Waals surface area (Å²) < 4.78 is 30.0. The van der Waals surface area contributed by atoms with E-state index < -0.39 is 0 Å². The van der Waals surface area contributed by atoms with Gasteiger partial charge in [-0.15, -0.1) is 0 Å². The summed E-state index contributed by atoms with van der Waals surface area (Å²) in [5, 5.41) is 0. The Balaban J connectivity index is 1.75. The van der Waals surface area contributed by atoms with Crippen LogP contribution in [-0.2, 0) is 6.61 Å². The first-order valence-electron chi connectivity index (χ1n) is 5.89. The molecule has 2 aromatic rings. The molecule has 20 heavy (non-hydrogen) atoms. The normalized spacial score (nSPS) is 12.5. The van der Waals surface area contributed by atoms with E-state index in [4.69, 9.17) is 19.9 Å². The minimum atomic E-state index is -0.347. The van der Waals surface area contributed by atoms with E-state index in [9.17, 15) is 4.39 Å². The van der Waals surface area contributed by atoms with Crippen LogP contribution in [0.1, 0.15) is 5.56 Å². The van der Waals surface area contributed by atoms with E-state index in [2.05, 4.69) is 0 Å². The van der Waals surface area contributed by atoms with Gasteiger partial charge in [0.1, 0.15) is 18.2 Å². The van der Waals surface area contributed by atoms with Gasteiger partial charge >= 0.3 is 0 Å². The fraction of sp³-hybridized carbons (Fsp3) is 0.143. The second-order valence-electron chi connectivity index (χ2n) is 4.28. The smallest absolute Gasteiger partial charge is 0.231 e. The molecule has 2 aromatic carbocycles. The van der Waals surface area contributed by atoms with Gasteiger partial charge < -0.3 is 19.9 Å². The molecule has 0 unspecified atom stereocenters. The van der Waals surface area contributed by atoms with Crippen LogP contribution in [0.4, 0.5) is 10.1 Å². The number of nitrogens with two attached hydrogens (primary N) is 1. The molecular formula is C14H11FINO3. The molecule has 1 aliphatic rings. The third-order valence-corrected chi connectivity index (χ3v) is 3.71. The van der Waals surface area contributed by atoms with Crippen LogP contribution in [-0.4, -0.2) is 6.79 Å². The Morgan fingerprint density at radius 1 is 1.20 bits per heavy atom. The van der Waals surface area contributed by atoms with Crippen molar-refractivity contribution in [2.45, 2.75) is 6.61 Å². The predicted octanol–water partition coefficient (Wildman–Crippen LogP) is 3.32. The molecule has 1 aliphatic heterocycles. The number of hydrogen-bond donors (Lipinski definition) is 1. The van der Waals surface area contributed by atoms with Crippen LogP contribution in [0.5, 0.6) is 17.2 Å². The van der Waals surface area contributed by atoms with Gasteiger partial charge in [0, 0.05) is 6.07 Å². The number of rotatable bonds is 3. The van der Waals surface area contributed by atoms with Crippen molar-refractivity contribution >= 4 is 28.3 Å². The molecule has 104 valence electrons. The molecule has 4 nitrogen and oxygen atoms in total.